The standard InChI is InChI=1S/C15H16ClNO5/c1-20-9-3-4-12(21-2)10(7-9)11(18)8-17-15(19)13-5-6-14(16)22-13/h3-7,11,18H,8H2,1-2H3,(H,17,19)/t11-/m1/s1. The molecule has 0 unspecified atom stereocenters. The molecule has 0 aliphatic heterocycles. The van der Waals surface area contributed by atoms with Crippen LogP contribution in [0.15, 0.2) is 34.7 Å². The van der Waals surface area contributed by atoms with Gasteiger partial charge in [-0.1, -0.05) is 0 Å². The highest BCUT2D eigenvalue weighted by atomic mass is 35.5. The SMILES string of the molecule is COc1ccc(OC)c([C@H](O)CNC(=O)c2ccc(Cl)o2)c1. The van der Waals surface area contributed by atoms with E-state index < -0.39 is 12.0 Å². The van der Waals surface area contributed by atoms with Crippen molar-refractivity contribution in [1.82, 2.24) is 5.32 Å². The number of methoxy groups -OCH3 is 2. The summed E-state index contributed by atoms with van der Waals surface area (Å²) in [6.07, 6.45) is -0.959. The summed E-state index contributed by atoms with van der Waals surface area (Å²) in [5.41, 5.74) is 0.514. The molecule has 1 atom stereocenters. The second-order valence-corrected chi connectivity index (χ2v) is 4.81. The van der Waals surface area contributed by atoms with Crippen LogP contribution in [-0.4, -0.2) is 31.8 Å². The van der Waals surface area contributed by atoms with Gasteiger partial charge < -0.3 is 24.3 Å². The topological polar surface area (TPSA) is 80.9 Å². The molecule has 0 saturated heterocycles. The number of aliphatic hydroxyl groups excluding tert-OH is 1. The average molecular weight is 326 g/mol. The predicted molar refractivity (Wildman–Crippen MR) is 80.6 cm³/mol. The van der Waals surface area contributed by atoms with Gasteiger partial charge >= 0.3 is 0 Å². The molecule has 0 aliphatic rings. The van der Waals surface area contributed by atoms with E-state index in [4.69, 9.17) is 25.5 Å². The van der Waals surface area contributed by atoms with Crippen molar-refractivity contribution in [2.75, 3.05) is 20.8 Å². The van der Waals surface area contributed by atoms with E-state index >= 15 is 0 Å². The number of rotatable bonds is 6. The summed E-state index contributed by atoms with van der Waals surface area (Å²) < 4.78 is 15.3. The third-order valence-corrected chi connectivity index (χ3v) is 3.25. The molecule has 0 saturated carbocycles. The monoisotopic (exact) mass is 325 g/mol. The number of hydrogen-bond donors (Lipinski definition) is 2. The van der Waals surface area contributed by atoms with Gasteiger partial charge in [0.25, 0.3) is 5.91 Å². The number of nitrogens with one attached hydrogen (secondary N) is 1. The molecule has 6 nitrogen and oxygen atoms in total. The molecule has 1 amide bonds. The summed E-state index contributed by atoms with van der Waals surface area (Å²) in [7, 11) is 3.03. The van der Waals surface area contributed by atoms with Gasteiger partial charge in [-0.05, 0) is 41.9 Å². The van der Waals surface area contributed by atoms with Gasteiger partial charge in [0.1, 0.15) is 17.6 Å². The minimum atomic E-state index is -0.959. The molecule has 2 N–H and O–H groups in total. The highest BCUT2D eigenvalue weighted by molar-refractivity contribution is 6.29. The van der Waals surface area contributed by atoms with Gasteiger partial charge in [0.2, 0.25) is 0 Å². The first-order valence-corrected chi connectivity index (χ1v) is 6.86. The summed E-state index contributed by atoms with van der Waals surface area (Å²) >= 11 is 5.61. The highest BCUT2D eigenvalue weighted by Gasteiger charge is 2.17. The maximum atomic E-state index is 11.8. The molecule has 118 valence electrons. The van der Waals surface area contributed by atoms with Gasteiger partial charge in [0, 0.05) is 12.1 Å². The lowest BCUT2D eigenvalue weighted by Crippen LogP contribution is -2.28. The lowest BCUT2D eigenvalue weighted by Gasteiger charge is -2.16. The van der Waals surface area contributed by atoms with Crippen LogP contribution >= 0.6 is 11.6 Å². The number of ether oxygens (including phenoxy) is 2. The fourth-order valence-electron chi connectivity index (χ4n) is 1.92. The smallest absolute Gasteiger partial charge is 0.287 e. The molecular weight excluding hydrogens is 310 g/mol. The molecular formula is C15H16ClNO5. The Bertz CT molecular complexity index is 655. The fourth-order valence-corrected chi connectivity index (χ4v) is 2.07. The number of amides is 1. The molecule has 0 radical (unpaired) electrons. The van der Waals surface area contributed by atoms with Gasteiger partial charge in [-0.25, -0.2) is 0 Å². The minimum Gasteiger partial charge on any atom is -0.497 e. The lowest BCUT2D eigenvalue weighted by atomic mass is 10.1. The zero-order valence-electron chi connectivity index (χ0n) is 12.1. The van der Waals surface area contributed by atoms with Crippen molar-refractivity contribution in [3.05, 3.63) is 46.9 Å². The quantitative estimate of drug-likeness (QED) is 0.852. The van der Waals surface area contributed by atoms with Crippen LogP contribution in [0.5, 0.6) is 11.5 Å². The van der Waals surface area contributed by atoms with Crippen LogP contribution in [0.4, 0.5) is 0 Å². The largest absolute Gasteiger partial charge is 0.497 e. The first-order chi connectivity index (χ1) is 10.5. The van der Waals surface area contributed by atoms with Crippen LogP contribution in [0.3, 0.4) is 0 Å². The van der Waals surface area contributed by atoms with Crippen molar-refractivity contribution >= 4 is 17.5 Å². The van der Waals surface area contributed by atoms with Crippen molar-refractivity contribution in [1.29, 1.82) is 0 Å². The van der Waals surface area contributed by atoms with Crippen molar-refractivity contribution in [2.45, 2.75) is 6.10 Å². The Morgan fingerprint density at radius 2 is 2.09 bits per heavy atom. The van der Waals surface area contributed by atoms with E-state index in [-0.39, 0.29) is 17.5 Å². The van der Waals surface area contributed by atoms with Crippen molar-refractivity contribution in [3.63, 3.8) is 0 Å². The number of halogens is 1. The van der Waals surface area contributed by atoms with Gasteiger partial charge in [-0.3, -0.25) is 4.79 Å². The molecule has 2 aromatic rings. The highest BCUT2D eigenvalue weighted by Crippen LogP contribution is 2.29. The van der Waals surface area contributed by atoms with Gasteiger partial charge in [-0.15, -0.1) is 0 Å². The van der Waals surface area contributed by atoms with Crippen LogP contribution in [0.25, 0.3) is 0 Å². The van der Waals surface area contributed by atoms with Crippen LogP contribution in [0, 0.1) is 0 Å². The van der Waals surface area contributed by atoms with E-state index in [2.05, 4.69) is 5.32 Å². The molecule has 0 aliphatic carbocycles. The number of hydrogen-bond acceptors (Lipinski definition) is 5. The predicted octanol–water partition coefficient (Wildman–Crippen LogP) is 2.41. The van der Waals surface area contributed by atoms with Gasteiger partial charge in [-0.2, -0.15) is 0 Å². The second kappa shape index (κ2) is 7.20. The third-order valence-electron chi connectivity index (χ3n) is 3.05. The summed E-state index contributed by atoms with van der Waals surface area (Å²) in [6.45, 7) is -0.0132. The van der Waals surface area contributed by atoms with Crippen LogP contribution in [0.2, 0.25) is 5.22 Å². The minimum absolute atomic E-state index is 0.0132. The molecule has 1 aromatic carbocycles. The molecule has 0 fully saturated rings. The lowest BCUT2D eigenvalue weighted by molar-refractivity contribution is 0.0887. The third kappa shape index (κ3) is 3.72. The molecule has 0 bridgehead atoms. The second-order valence-electron chi connectivity index (χ2n) is 4.44. The summed E-state index contributed by atoms with van der Waals surface area (Å²) in [6, 6.07) is 7.98. The molecule has 1 aromatic heterocycles. The Labute approximate surface area is 132 Å². The van der Waals surface area contributed by atoms with E-state index in [1.807, 2.05) is 0 Å². The summed E-state index contributed by atoms with van der Waals surface area (Å²) in [5, 5.41) is 12.9. The summed E-state index contributed by atoms with van der Waals surface area (Å²) in [5.74, 6) is 0.699. The molecule has 2 rings (SSSR count). The number of aliphatic hydroxyl groups is 1. The normalized spacial score (nSPS) is 11.8. The zero-order chi connectivity index (χ0) is 16.1. The Morgan fingerprint density at radius 1 is 1.32 bits per heavy atom. The van der Waals surface area contributed by atoms with Crippen molar-refractivity contribution < 1.29 is 23.8 Å². The van der Waals surface area contributed by atoms with Crippen LogP contribution in [-0.2, 0) is 0 Å². The Balaban J connectivity index is 2.05. The molecule has 1 heterocycles. The van der Waals surface area contributed by atoms with Crippen LogP contribution in [0.1, 0.15) is 22.2 Å². The first kappa shape index (κ1) is 16.2. The first-order valence-electron chi connectivity index (χ1n) is 6.48. The van der Waals surface area contributed by atoms with E-state index in [1.165, 1.54) is 26.4 Å². The number of benzene rings is 1. The van der Waals surface area contributed by atoms with Crippen LogP contribution < -0.4 is 14.8 Å². The Morgan fingerprint density at radius 3 is 2.68 bits per heavy atom. The fraction of sp³-hybridized carbons (Fsp3) is 0.267. The number of carbonyl (C=O) groups excluding carboxylic acids is 1. The van der Waals surface area contributed by atoms with E-state index in [0.29, 0.717) is 17.1 Å². The Hall–Kier alpha value is -2.18. The molecule has 22 heavy (non-hydrogen) atoms. The average Bonchev–Trinajstić information content (AvgIpc) is 2.98. The molecule has 7 heteroatoms. The van der Waals surface area contributed by atoms with E-state index in [0.717, 1.165) is 0 Å². The maximum absolute atomic E-state index is 11.8. The number of furan rings is 1. The molecule has 0 spiro atoms. The maximum Gasteiger partial charge on any atom is 0.287 e. The Kier molecular flexibility index (Phi) is 5.30. The van der Waals surface area contributed by atoms with E-state index in [9.17, 15) is 9.90 Å². The van der Waals surface area contributed by atoms with Crippen molar-refractivity contribution in [3.8, 4) is 11.5 Å². The van der Waals surface area contributed by atoms with Gasteiger partial charge in [0.05, 0.1) is 14.2 Å². The number of carbonyl (C=O) groups is 1. The van der Waals surface area contributed by atoms with E-state index in [1.54, 1.807) is 18.2 Å². The summed E-state index contributed by atoms with van der Waals surface area (Å²) in [4.78, 5) is 11.8. The zero-order valence-corrected chi connectivity index (χ0v) is 12.9. The van der Waals surface area contributed by atoms with Gasteiger partial charge in [0.15, 0.2) is 11.0 Å². The van der Waals surface area contributed by atoms with Crippen molar-refractivity contribution in [2.24, 2.45) is 0 Å².